The van der Waals surface area contributed by atoms with Crippen LogP contribution in [-0.2, 0) is 21.7 Å². The van der Waals surface area contributed by atoms with Crippen LogP contribution in [0, 0.1) is 0 Å². The van der Waals surface area contributed by atoms with Crippen LogP contribution in [0.2, 0.25) is 0 Å². The molecule has 1 saturated heterocycles. The Labute approximate surface area is 272 Å². The fraction of sp³-hybridized carbons (Fsp3) is 0.486. The molecule has 1 spiro atoms. The Hall–Kier alpha value is -3.40. The number of nitrogens with zero attached hydrogens (tertiary/aromatic N) is 1. The number of ether oxygens (including phenoxy) is 1. The first-order valence-electron chi connectivity index (χ1n) is 16.7. The van der Waals surface area contributed by atoms with Crippen LogP contribution in [0.15, 0.2) is 71.6 Å². The summed E-state index contributed by atoms with van der Waals surface area (Å²) in [5.41, 5.74) is 5.30. The highest BCUT2D eigenvalue weighted by Crippen LogP contribution is 2.45. The highest BCUT2D eigenvalue weighted by molar-refractivity contribution is 7.90. The van der Waals surface area contributed by atoms with Gasteiger partial charge >= 0.3 is 0 Å². The predicted molar refractivity (Wildman–Crippen MR) is 178 cm³/mol. The molecule has 0 unspecified atom stereocenters. The van der Waals surface area contributed by atoms with Crippen LogP contribution in [0.3, 0.4) is 0 Å². The fourth-order valence-electron chi connectivity index (χ4n) is 7.81. The number of nitrogens with one attached hydrogen (secondary N) is 1. The number of piperidine rings is 1. The molecular formula is C37H46N2O6S. The SMILES string of the molecule is CS(=O)(=O)c1cc(OC[C@@H](O)CN[C@H]2CC[C@H](c3ccc(C(=O)N4CCC5(CCCc6ccccc65)CC4)cc3)CC2)ccc1O. The van der Waals surface area contributed by atoms with Gasteiger partial charge in [0.05, 0.1) is 0 Å². The summed E-state index contributed by atoms with van der Waals surface area (Å²) in [7, 11) is -3.59. The van der Waals surface area contributed by atoms with Crippen molar-refractivity contribution in [2.24, 2.45) is 0 Å². The Bertz CT molecular complexity index is 1620. The third-order valence-corrected chi connectivity index (χ3v) is 11.6. The van der Waals surface area contributed by atoms with E-state index >= 15 is 0 Å². The van der Waals surface area contributed by atoms with E-state index in [4.69, 9.17) is 4.74 Å². The molecule has 3 aliphatic rings. The van der Waals surface area contributed by atoms with Crippen LogP contribution < -0.4 is 10.1 Å². The zero-order valence-corrected chi connectivity index (χ0v) is 27.5. The van der Waals surface area contributed by atoms with E-state index in [0.717, 1.165) is 63.4 Å². The van der Waals surface area contributed by atoms with Gasteiger partial charge in [-0.3, -0.25) is 4.79 Å². The van der Waals surface area contributed by atoms with E-state index < -0.39 is 15.9 Å². The average molecular weight is 647 g/mol. The molecule has 2 aliphatic carbocycles. The van der Waals surface area contributed by atoms with E-state index in [9.17, 15) is 23.4 Å². The molecule has 0 bridgehead atoms. The highest BCUT2D eigenvalue weighted by Gasteiger charge is 2.40. The average Bonchev–Trinajstić information content (AvgIpc) is 3.07. The number of likely N-dealkylation sites (tertiary alicyclic amines) is 1. The Kier molecular flexibility index (Phi) is 9.73. The van der Waals surface area contributed by atoms with Gasteiger partial charge in [0, 0.05) is 43.6 Å². The lowest BCUT2D eigenvalue weighted by Crippen LogP contribution is -2.46. The van der Waals surface area contributed by atoms with Crippen molar-refractivity contribution in [2.75, 3.05) is 32.5 Å². The molecule has 8 nitrogen and oxygen atoms in total. The van der Waals surface area contributed by atoms with Crippen molar-refractivity contribution in [1.29, 1.82) is 0 Å². The lowest BCUT2D eigenvalue weighted by molar-refractivity contribution is 0.0652. The normalized spacial score (nSPS) is 21.8. The van der Waals surface area contributed by atoms with E-state index in [1.54, 1.807) is 0 Å². The standard InChI is InChI=1S/C37H46N2O6S/c1-46(43,44)35-23-32(16-17-34(35)41)45-25-31(40)24-38-30-14-12-27(13-15-30)26-8-10-29(11-9-26)36(42)39-21-19-37(20-22-39)18-4-6-28-5-2-3-7-33(28)37/h2-3,5,7-11,16-17,23,27,30-31,38,40-41H,4,6,12-15,18-22,24-25H2,1H3/t27-,30-,31-/m0/s1. The summed E-state index contributed by atoms with van der Waals surface area (Å²) in [5, 5.41) is 23.7. The van der Waals surface area contributed by atoms with Gasteiger partial charge in [-0.05, 0) is 110 Å². The number of sulfone groups is 1. The number of aryl methyl sites for hydroxylation is 1. The maximum absolute atomic E-state index is 13.4. The molecule has 3 N–H and O–H groups in total. The highest BCUT2D eigenvalue weighted by atomic mass is 32.2. The molecule has 3 aromatic rings. The Balaban J connectivity index is 0.935. The zero-order chi connectivity index (χ0) is 32.3. The molecular weight excluding hydrogens is 600 g/mol. The van der Waals surface area contributed by atoms with E-state index in [2.05, 4.69) is 41.7 Å². The first-order valence-corrected chi connectivity index (χ1v) is 18.6. The Morgan fingerprint density at radius 1 is 1.00 bits per heavy atom. The number of rotatable bonds is 9. The third-order valence-electron chi connectivity index (χ3n) is 10.5. The number of amides is 1. The van der Waals surface area contributed by atoms with Crippen molar-refractivity contribution in [3.63, 3.8) is 0 Å². The predicted octanol–water partition coefficient (Wildman–Crippen LogP) is 5.36. The number of fused-ring (bicyclic) bond motifs is 2. The van der Waals surface area contributed by atoms with Gasteiger partial charge < -0.3 is 25.2 Å². The summed E-state index contributed by atoms with van der Waals surface area (Å²) in [4.78, 5) is 15.3. The molecule has 3 aromatic carbocycles. The van der Waals surface area contributed by atoms with Crippen LogP contribution in [0.1, 0.15) is 84.3 Å². The van der Waals surface area contributed by atoms with Gasteiger partial charge in [-0.2, -0.15) is 0 Å². The van der Waals surface area contributed by atoms with Crippen molar-refractivity contribution in [3.8, 4) is 11.5 Å². The summed E-state index contributed by atoms with van der Waals surface area (Å²) in [6, 6.07) is 21.5. The minimum Gasteiger partial charge on any atom is -0.507 e. The number of aliphatic hydroxyl groups excluding tert-OH is 1. The van der Waals surface area contributed by atoms with Crippen LogP contribution in [0.4, 0.5) is 0 Å². The summed E-state index contributed by atoms with van der Waals surface area (Å²) < 4.78 is 29.2. The van der Waals surface area contributed by atoms with Crippen molar-refractivity contribution < 1.29 is 28.2 Å². The molecule has 46 heavy (non-hydrogen) atoms. The largest absolute Gasteiger partial charge is 0.507 e. The van der Waals surface area contributed by atoms with E-state index in [-0.39, 0.29) is 34.3 Å². The fourth-order valence-corrected chi connectivity index (χ4v) is 8.59. The van der Waals surface area contributed by atoms with Crippen LogP contribution in [0.5, 0.6) is 11.5 Å². The number of benzene rings is 3. The second-order valence-electron chi connectivity index (χ2n) is 13.5. The number of phenols is 1. The first-order chi connectivity index (χ1) is 22.1. The Morgan fingerprint density at radius 3 is 2.43 bits per heavy atom. The van der Waals surface area contributed by atoms with Crippen LogP contribution in [0.25, 0.3) is 0 Å². The van der Waals surface area contributed by atoms with Crippen molar-refractivity contribution in [2.45, 2.75) is 86.2 Å². The number of carbonyl (C=O) groups is 1. The molecule has 1 aliphatic heterocycles. The molecule has 0 aromatic heterocycles. The van der Waals surface area contributed by atoms with Gasteiger partial charge in [0.1, 0.15) is 29.1 Å². The summed E-state index contributed by atoms with van der Waals surface area (Å²) in [6.07, 6.45) is 10.0. The second-order valence-corrected chi connectivity index (χ2v) is 15.5. The molecule has 1 saturated carbocycles. The summed E-state index contributed by atoms with van der Waals surface area (Å²) >= 11 is 0. The van der Waals surface area contributed by atoms with Gasteiger partial charge in [0.2, 0.25) is 0 Å². The number of hydrogen-bond acceptors (Lipinski definition) is 7. The molecule has 0 radical (unpaired) electrons. The van der Waals surface area contributed by atoms with Gasteiger partial charge in [0.25, 0.3) is 5.91 Å². The number of phenolic OH excluding ortho intramolecular Hbond substituents is 1. The van der Waals surface area contributed by atoms with Gasteiger partial charge in [0.15, 0.2) is 9.84 Å². The van der Waals surface area contributed by atoms with Crippen LogP contribution in [-0.4, -0.2) is 74.1 Å². The molecule has 1 atom stereocenters. The molecule has 246 valence electrons. The van der Waals surface area contributed by atoms with Crippen molar-refractivity contribution >= 4 is 15.7 Å². The number of aromatic hydroxyl groups is 1. The maximum Gasteiger partial charge on any atom is 0.253 e. The Morgan fingerprint density at radius 2 is 1.72 bits per heavy atom. The van der Waals surface area contributed by atoms with Crippen molar-refractivity contribution in [3.05, 3.63) is 89.0 Å². The summed E-state index contributed by atoms with van der Waals surface area (Å²) in [6.45, 7) is 2.00. The minimum atomic E-state index is -3.59. The third kappa shape index (κ3) is 7.27. The quantitative estimate of drug-likeness (QED) is 0.287. The topological polar surface area (TPSA) is 116 Å². The minimum absolute atomic E-state index is 0.00759. The first kappa shape index (κ1) is 32.5. The zero-order valence-electron chi connectivity index (χ0n) is 26.7. The maximum atomic E-state index is 13.4. The van der Waals surface area contributed by atoms with E-state index in [0.29, 0.717) is 18.5 Å². The number of aliphatic hydroxyl groups is 1. The van der Waals surface area contributed by atoms with Crippen molar-refractivity contribution in [1.82, 2.24) is 10.2 Å². The molecule has 9 heteroatoms. The summed E-state index contributed by atoms with van der Waals surface area (Å²) in [5.74, 6) is 0.548. The van der Waals surface area contributed by atoms with Gasteiger partial charge in [-0.15, -0.1) is 0 Å². The molecule has 1 heterocycles. The lowest BCUT2D eigenvalue weighted by Gasteiger charge is -2.45. The molecule has 2 fully saturated rings. The lowest BCUT2D eigenvalue weighted by atomic mass is 9.65. The monoisotopic (exact) mass is 646 g/mol. The number of hydrogen-bond donors (Lipinski definition) is 3. The van der Waals surface area contributed by atoms with Gasteiger partial charge in [-0.25, -0.2) is 8.42 Å². The smallest absolute Gasteiger partial charge is 0.253 e. The molecule has 1 amide bonds. The number of carbonyl (C=O) groups excluding carboxylic acids is 1. The van der Waals surface area contributed by atoms with E-state index in [1.807, 2.05) is 17.0 Å². The molecule has 6 rings (SSSR count). The van der Waals surface area contributed by atoms with Gasteiger partial charge in [-0.1, -0.05) is 36.4 Å². The van der Waals surface area contributed by atoms with E-state index in [1.165, 1.54) is 54.2 Å². The van der Waals surface area contributed by atoms with Crippen LogP contribution >= 0.6 is 0 Å². The second kappa shape index (κ2) is 13.8.